The van der Waals surface area contributed by atoms with Crippen LogP contribution in [0.5, 0.6) is 0 Å². The largest absolute Gasteiger partial charge is 0.481 e. The zero-order valence-corrected chi connectivity index (χ0v) is 12.2. The van der Waals surface area contributed by atoms with Crippen LogP contribution in [0.4, 0.5) is 0 Å². The summed E-state index contributed by atoms with van der Waals surface area (Å²) in [6, 6.07) is 12.6. The zero-order chi connectivity index (χ0) is 14.7. The lowest BCUT2D eigenvalue weighted by Crippen LogP contribution is -2.02. The standard InChI is InChI=1S/C18H20O2/c1-12-4-6-16(13(2)8-12)10-15-5-7-17(11-18(19)20)14(3)9-15/h4-9H,10-11H2,1-3H3,(H,19,20). The van der Waals surface area contributed by atoms with Gasteiger partial charge in [-0.3, -0.25) is 4.79 Å². The maximum Gasteiger partial charge on any atom is 0.307 e. The fraction of sp³-hybridized carbons (Fsp3) is 0.278. The molecule has 2 nitrogen and oxygen atoms in total. The fourth-order valence-electron chi connectivity index (χ4n) is 2.49. The average molecular weight is 268 g/mol. The third-order valence-corrected chi connectivity index (χ3v) is 3.64. The van der Waals surface area contributed by atoms with E-state index in [0.29, 0.717) is 0 Å². The van der Waals surface area contributed by atoms with Crippen molar-refractivity contribution in [2.24, 2.45) is 0 Å². The molecule has 0 unspecified atom stereocenters. The van der Waals surface area contributed by atoms with Crippen molar-refractivity contribution in [3.8, 4) is 0 Å². The third kappa shape index (κ3) is 3.47. The van der Waals surface area contributed by atoms with Crippen molar-refractivity contribution in [2.45, 2.75) is 33.6 Å². The lowest BCUT2D eigenvalue weighted by Gasteiger charge is -2.10. The van der Waals surface area contributed by atoms with Crippen molar-refractivity contribution in [3.05, 3.63) is 69.8 Å². The second-order valence-electron chi connectivity index (χ2n) is 5.44. The number of aliphatic carboxylic acids is 1. The normalized spacial score (nSPS) is 10.6. The molecule has 0 saturated heterocycles. The molecule has 20 heavy (non-hydrogen) atoms. The molecule has 1 N–H and O–H groups in total. The van der Waals surface area contributed by atoms with E-state index in [-0.39, 0.29) is 6.42 Å². The van der Waals surface area contributed by atoms with Gasteiger partial charge in [-0.2, -0.15) is 0 Å². The van der Waals surface area contributed by atoms with Crippen LogP contribution in [0.15, 0.2) is 36.4 Å². The van der Waals surface area contributed by atoms with Gasteiger partial charge in [0.25, 0.3) is 0 Å². The van der Waals surface area contributed by atoms with Gasteiger partial charge in [-0.15, -0.1) is 0 Å². The Balaban J connectivity index is 2.22. The predicted molar refractivity (Wildman–Crippen MR) is 81.2 cm³/mol. The smallest absolute Gasteiger partial charge is 0.307 e. The molecule has 0 amide bonds. The Morgan fingerprint density at radius 1 is 0.950 bits per heavy atom. The SMILES string of the molecule is Cc1ccc(Cc2ccc(CC(=O)O)c(C)c2)c(C)c1. The molecule has 0 aliphatic heterocycles. The van der Waals surface area contributed by atoms with Gasteiger partial charge in [-0.1, -0.05) is 42.0 Å². The number of carboxylic acids is 1. The van der Waals surface area contributed by atoms with Gasteiger partial charge in [0.2, 0.25) is 0 Å². The van der Waals surface area contributed by atoms with Crippen LogP contribution in [-0.4, -0.2) is 11.1 Å². The molecule has 104 valence electrons. The van der Waals surface area contributed by atoms with Gasteiger partial charge in [0.1, 0.15) is 0 Å². The lowest BCUT2D eigenvalue weighted by atomic mass is 9.96. The topological polar surface area (TPSA) is 37.3 Å². The minimum Gasteiger partial charge on any atom is -0.481 e. The number of rotatable bonds is 4. The molecule has 0 atom stereocenters. The molecule has 0 aliphatic rings. The van der Waals surface area contributed by atoms with Gasteiger partial charge in [0.15, 0.2) is 0 Å². The van der Waals surface area contributed by atoms with Crippen LogP contribution >= 0.6 is 0 Å². The van der Waals surface area contributed by atoms with Crippen LogP contribution in [0.2, 0.25) is 0 Å². The first-order chi connectivity index (χ1) is 9.45. The summed E-state index contributed by atoms with van der Waals surface area (Å²) in [5.41, 5.74) is 7.07. The van der Waals surface area contributed by atoms with E-state index in [1.165, 1.54) is 22.3 Å². The Labute approximate surface area is 120 Å². The highest BCUT2D eigenvalue weighted by Gasteiger charge is 2.06. The van der Waals surface area contributed by atoms with Gasteiger partial charge in [-0.05, 0) is 55.0 Å². The van der Waals surface area contributed by atoms with Crippen LogP contribution in [0.3, 0.4) is 0 Å². The van der Waals surface area contributed by atoms with Crippen molar-refractivity contribution in [2.75, 3.05) is 0 Å². The number of carbonyl (C=O) groups is 1. The molecular formula is C18H20O2. The summed E-state index contributed by atoms with van der Waals surface area (Å²) < 4.78 is 0. The summed E-state index contributed by atoms with van der Waals surface area (Å²) in [6.45, 7) is 6.21. The van der Waals surface area contributed by atoms with E-state index in [2.05, 4.69) is 38.1 Å². The van der Waals surface area contributed by atoms with Crippen LogP contribution in [0, 0.1) is 20.8 Å². The van der Waals surface area contributed by atoms with E-state index < -0.39 is 5.97 Å². The van der Waals surface area contributed by atoms with E-state index in [1.54, 1.807) is 0 Å². The van der Waals surface area contributed by atoms with Gasteiger partial charge < -0.3 is 5.11 Å². The second-order valence-corrected chi connectivity index (χ2v) is 5.44. The highest BCUT2D eigenvalue weighted by molar-refractivity contribution is 5.70. The highest BCUT2D eigenvalue weighted by atomic mass is 16.4. The highest BCUT2D eigenvalue weighted by Crippen LogP contribution is 2.18. The first kappa shape index (κ1) is 14.3. The molecule has 2 rings (SSSR count). The minimum atomic E-state index is -0.782. The van der Waals surface area contributed by atoms with E-state index in [1.807, 2.05) is 19.1 Å². The van der Waals surface area contributed by atoms with Crippen molar-refractivity contribution in [1.29, 1.82) is 0 Å². The second kappa shape index (κ2) is 5.91. The minimum absolute atomic E-state index is 0.0929. The molecule has 0 heterocycles. The molecule has 0 aromatic heterocycles. The van der Waals surface area contributed by atoms with Gasteiger partial charge >= 0.3 is 5.97 Å². The number of hydrogen-bond donors (Lipinski definition) is 1. The van der Waals surface area contributed by atoms with Crippen LogP contribution < -0.4 is 0 Å². The van der Waals surface area contributed by atoms with E-state index in [4.69, 9.17) is 5.11 Å². The average Bonchev–Trinajstić information content (AvgIpc) is 2.36. The Hall–Kier alpha value is -2.09. The zero-order valence-electron chi connectivity index (χ0n) is 12.2. The molecular weight excluding hydrogens is 248 g/mol. The van der Waals surface area contributed by atoms with Crippen LogP contribution in [-0.2, 0) is 17.6 Å². The summed E-state index contributed by atoms with van der Waals surface area (Å²) in [5, 5.41) is 8.86. The van der Waals surface area contributed by atoms with Gasteiger partial charge in [0, 0.05) is 0 Å². The fourth-order valence-corrected chi connectivity index (χ4v) is 2.49. The molecule has 0 radical (unpaired) electrons. The van der Waals surface area contributed by atoms with Crippen LogP contribution in [0.1, 0.15) is 33.4 Å². The summed E-state index contributed by atoms with van der Waals surface area (Å²) >= 11 is 0. The third-order valence-electron chi connectivity index (χ3n) is 3.64. The quantitative estimate of drug-likeness (QED) is 0.915. The molecule has 0 saturated carbocycles. The molecule has 0 spiro atoms. The van der Waals surface area contributed by atoms with Crippen LogP contribution in [0.25, 0.3) is 0 Å². The van der Waals surface area contributed by atoms with E-state index in [9.17, 15) is 4.79 Å². The summed E-state index contributed by atoms with van der Waals surface area (Å²) in [4.78, 5) is 10.8. The molecule has 2 aromatic carbocycles. The molecule has 2 aromatic rings. The Bertz CT molecular complexity index is 642. The first-order valence-electron chi connectivity index (χ1n) is 6.82. The maximum atomic E-state index is 10.8. The Morgan fingerprint density at radius 3 is 2.20 bits per heavy atom. The molecule has 0 aliphatic carbocycles. The number of hydrogen-bond acceptors (Lipinski definition) is 1. The predicted octanol–water partition coefficient (Wildman–Crippen LogP) is 3.83. The maximum absolute atomic E-state index is 10.8. The number of carboxylic acid groups (broad SMARTS) is 1. The molecule has 2 heteroatoms. The number of benzene rings is 2. The monoisotopic (exact) mass is 268 g/mol. The van der Waals surface area contributed by atoms with E-state index >= 15 is 0 Å². The van der Waals surface area contributed by atoms with Crippen molar-refractivity contribution in [3.63, 3.8) is 0 Å². The van der Waals surface area contributed by atoms with Crippen molar-refractivity contribution in [1.82, 2.24) is 0 Å². The first-order valence-corrected chi connectivity index (χ1v) is 6.82. The van der Waals surface area contributed by atoms with Crippen molar-refractivity contribution >= 4 is 5.97 Å². The van der Waals surface area contributed by atoms with Gasteiger partial charge in [-0.25, -0.2) is 0 Å². The lowest BCUT2D eigenvalue weighted by molar-refractivity contribution is -0.136. The summed E-state index contributed by atoms with van der Waals surface area (Å²) in [6.07, 6.45) is 0.982. The molecule has 0 fully saturated rings. The molecule has 0 bridgehead atoms. The summed E-state index contributed by atoms with van der Waals surface area (Å²) in [5.74, 6) is -0.782. The Kier molecular flexibility index (Phi) is 4.23. The van der Waals surface area contributed by atoms with Gasteiger partial charge in [0.05, 0.1) is 6.42 Å². The van der Waals surface area contributed by atoms with E-state index in [0.717, 1.165) is 17.5 Å². The van der Waals surface area contributed by atoms with Crippen molar-refractivity contribution < 1.29 is 9.90 Å². The Morgan fingerprint density at radius 2 is 1.60 bits per heavy atom. The summed E-state index contributed by atoms with van der Waals surface area (Å²) in [7, 11) is 0. The number of aryl methyl sites for hydroxylation is 3.